The Hall–Kier alpha value is 0.270. The van der Waals surface area contributed by atoms with Crippen molar-refractivity contribution in [1.29, 1.82) is 0 Å². The van der Waals surface area contributed by atoms with E-state index >= 15 is 0 Å². The van der Waals surface area contributed by atoms with Gasteiger partial charge >= 0.3 is 0 Å². The van der Waals surface area contributed by atoms with Crippen molar-refractivity contribution in [3.05, 3.63) is 0 Å². The van der Waals surface area contributed by atoms with Crippen molar-refractivity contribution in [2.24, 2.45) is 5.73 Å². The molecule has 0 aliphatic heterocycles. The Balaban J connectivity index is 2.78. The molecule has 0 bridgehead atoms. The topological polar surface area (TPSA) is 46.2 Å². The Morgan fingerprint density at radius 2 is 1.36 bits per heavy atom. The third-order valence-corrected chi connectivity index (χ3v) is 3.31. The van der Waals surface area contributed by atoms with Gasteiger partial charge in [-0.1, -0.05) is 32.1 Å². The first-order chi connectivity index (χ1) is 6.91. The number of unbranched alkanes of at least 4 members (excludes halogenated alkanes) is 6. The molecule has 0 aromatic carbocycles. The number of aliphatic hydroxyl groups is 1. The molecule has 0 rings (SSSR count). The van der Waals surface area contributed by atoms with Crippen molar-refractivity contribution < 1.29 is 5.11 Å². The number of aliphatic hydroxyl groups excluding tert-OH is 1. The van der Waals surface area contributed by atoms with E-state index in [2.05, 4.69) is 0 Å². The number of hydrogen-bond donors (Lipinski definition) is 2. The zero-order valence-electron chi connectivity index (χ0n) is 9.21. The molecule has 0 amide bonds. The van der Waals surface area contributed by atoms with Crippen LogP contribution in [0.1, 0.15) is 44.9 Å². The molecule has 0 atom stereocenters. The average Bonchev–Trinajstić information content (AvgIpc) is 2.21. The van der Waals surface area contributed by atoms with Crippen LogP contribution in [0, 0.1) is 0 Å². The molecule has 2 nitrogen and oxygen atoms in total. The van der Waals surface area contributed by atoms with Crippen molar-refractivity contribution in [2.45, 2.75) is 44.9 Å². The van der Waals surface area contributed by atoms with Crippen LogP contribution < -0.4 is 5.73 Å². The molecule has 0 aromatic rings. The normalized spacial score (nSPS) is 10.7. The molecule has 0 aliphatic carbocycles. The highest BCUT2D eigenvalue weighted by Crippen LogP contribution is 2.09. The largest absolute Gasteiger partial charge is 0.396 e. The molecule has 0 fully saturated rings. The summed E-state index contributed by atoms with van der Waals surface area (Å²) in [5.41, 5.74) is 5.40. The maximum absolute atomic E-state index is 8.58. The first-order valence-electron chi connectivity index (χ1n) is 5.80. The smallest absolute Gasteiger partial charge is 0.0431 e. The van der Waals surface area contributed by atoms with Crippen LogP contribution in [0.4, 0.5) is 0 Å². The molecule has 0 saturated carbocycles. The summed E-state index contributed by atoms with van der Waals surface area (Å²) in [6, 6.07) is 0. The highest BCUT2D eigenvalue weighted by Gasteiger charge is 1.91. The SMILES string of the molecule is NCCSCCCCCCCCCO. The monoisotopic (exact) mass is 219 g/mol. The average molecular weight is 219 g/mol. The van der Waals surface area contributed by atoms with Crippen molar-refractivity contribution in [1.82, 2.24) is 0 Å². The molecule has 0 aliphatic rings. The second kappa shape index (κ2) is 13.3. The first-order valence-corrected chi connectivity index (χ1v) is 6.96. The molecule has 3 N–H and O–H groups in total. The molecular formula is C11H25NOS. The molecule has 86 valence electrons. The highest BCUT2D eigenvalue weighted by molar-refractivity contribution is 7.99. The first kappa shape index (κ1) is 14.3. The lowest BCUT2D eigenvalue weighted by molar-refractivity contribution is 0.282. The second-order valence-corrected chi connectivity index (χ2v) is 4.82. The van der Waals surface area contributed by atoms with E-state index in [1.165, 1.54) is 44.3 Å². The van der Waals surface area contributed by atoms with Crippen molar-refractivity contribution in [2.75, 3.05) is 24.7 Å². The lowest BCUT2D eigenvalue weighted by Crippen LogP contribution is -2.01. The fourth-order valence-electron chi connectivity index (χ4n) is 1.39. The van der Waals surface area contributed by atoms with Crippen molar-refractivity contribution in [3.8, 4) is 0 Å². The Morgan fingerprint density at radius 1 is 0.786 bits per heavy atom. The van der Waals surface area contributed by atoms with E-state index in [-0.39, 0.29) is 0 Å². The summed E-state index contributed by atoms with van der Waals surface area (Å²) in [5.74, 6) is 2.38. The van der Waals surface area contributed by atoms with Gasteiger partial charge in [0.25, 0.3) is 0 Å². The molecule has 0 aromatic heterocycles. The van der Waals surface area contributed by atoms with Crippen LogP contribution in [-0.2, 0) is 0 Å². The Bertz CT molecular complexity index is 89.3. The molecule has 0 unspecified atom stereocenters. The van der Waals surface area contributed by atoms with Crippen LogP contribution in [0.25, 0.3) is 0 Å². The number of nitrogens with two attached hydrogens (primary N) is 1. The van der Waals surface area contributed by atoms with Gasteiger partial charge in [-0.15, -0.1) is 0 Å². The van der Waals surface area contributed by atoms with Gasteiger partial charge in [-0.05, 0) is 18.6 Å². The van der Waals surface area contributed by atoms with E-state index < -0.39 is 0 Å². The van der Waals surface area contributed by atoms with E-state index in [0.717, 1.165) is 18.7 Å². The minimum absolute atomic E-state index is 0.357. The van der Waals surface area contributed by atoms with Gasteiger partial charge in [-0.25, -0.2) is 0 Å². The van der Waals surface area contributed by atoms with Gasteiger partial charge in [0, 0.05) is 18.9 Å². The lowest BCUT2D eigenvalue weighted by Gasteiger charge is -2.01. The van der Waals surface area contributed by atoms with E-state index in [0.29, 0.717) is 6.61 Å². The van der Waals surface area contributed by atoms with E-state index in [1.807, 2.05) is 11.8 Å². The maximum atomic E-state index is 8.58. The number of rotatable bonds is 11. The molecule has 0 radical (unpaired) electrons. The van der Waals surface area contributed by atoms with E-state index in [4.69, 9.17) is 10.8 Å². The van der Waals surface area contributed by atoms with Gasteiger partial charge < -0.3 is 10.8 Å². The maximum Gasteiger partial charge on any atom is 0.0431 e. The van der Waals surface area contributed by atoms with Crippen LogP contribution in [-0.4, -0.2) is 29.8 Å². The quantitative estimate of drug-likeness (QED) is 0.525. The minimum Gasteiger partial charge on any atom is -0.396 e. The zero-order valence-corrected chi connectivity index (χ0v) is 10.0. The van der Waals surface area contributed by atoms with Crippen LogP contribution in [0.15, 0.2) is 0 Å². The summed E-state index contributed by atoms with van der Waals surface area (Å²) in [6.07, 6.45) is 8.85. The fraction of sp³-hybridized carbons (Fsp3) is 1.00. The summed E-state index contributed by atoms with van der Waals surface area (Å²) >= 11 is 1.97. The third kappa shape index (κ3) is 12.3. The number of thioether (sulfide) groups is 1. The highest BCUT2D eigenvalue weighted by atomic mass is 32.2. The summed E-state index contributed by atoms with van der Waals surface area (Å²) < 4.78 is 0. The van der Waals surface area contributed by atoms with E-state index in [9.17, 15) is 0 Å². The summed E-state index contributed by atoms with van der Waals surface area (Å²) in [6.45, 7) is 1.17. The van der Waals surface area contributed by atoms with Crippen LogP contribution in [0.5, 0.6) is 0 Å². The van der Waals surface area contributed by atoms with Crippen molar-refractivity contribution >= 4 is 11.8 Å². The predicted octanol–water partition coefficient (Wildman–Crippen LogP) is 2.40. The van der Waals surface area contributed by atoms with Crippen LogP contribution >= 0.6 is 11.8 Å². The van der Waals surface area contributed by atoms with Gasteiger partial charge in [0.15, 0.2) is 0 Å². The fourth-order valence-corrected chi connectivity index (χ4v) is 2.16. The van der Waals surface area contributed by atoms with Crippen LogP contribution in [0.3, 0.4) is 0 Å². The standard InChI is InChI=1S/C11H25NOS/c12-8-11-14-10-7-5-3-1-2-4-6-9-13/h13H,1-12H2. The molecule has 0 saturated heterocycles. The van der Waals surface area contributed by atoms with E-state index in [1.54, 1.807) is 0 Å². The molecular weight excluding hydrogens is 194 g/mol. The Kier molecular flexibility index (Phi) is 13.5. The third-order valence-electron chi connectivity index (χ3n) is 2.21. The summed E-state index contributed by atoms with van der Waals surface area (Å²) in [5, 5.41) is 8.58. The van der Waals surface area contributed by atoms with Crippen molar-refractivity contribution in [3.63, 3.8) is 0 Å². The zero-order chi connectivity index (χ0) is 10.5. The second-order valence-electron chi connectivity index (χ2n) is 3.60. The minimum atomic E-state index is 0.357. The predicted molar refractivity (Wildman–Crippen MR) is 65.8 cm³/mol. The van der Waals surface area contributed by atoms with Gasteiger partial charge in [-0.2, -0.15) is 11.8 Å². The molecule has 0 heterocycles. The Labute approximate surface area is 92.6 Å². The number of hydrogen-bond acceptors (Lipinski definition) is 3. The molecule has 3 heteroatoms. The Morgan fingerprint density at radius 3 is 1.93 bits per heavy atom. The summed E-state index contributed by atoms with van der Waals surface area (Å²) in [7, 11) is 0. The lowest BCUT2D eigenvalue weighted by atomic mass is 10.1. The molecule has 14 heavy (non-hydrogen) atoms. The molecule has 0 spiro atoms. The summed E-state index contributed by atoms with van der Waals surface area (Å²) in [4.78, 5) is 0. The van der Waals surface area contributed by atoms with Crippen LogP contribution in [0.2, 0.25) is 0 Å². The van der Waals surface area contributed by atoms with Gasteiger partial charge in [-0.3, -0.25) is 0 Å². The van der Waals surface area contributed by atoms with Gasteiger partial charge in [0.05, 0.1) is 0 Å². The van der Waals surface area contributed by atoms with Gasteiger partial charge in [0.2, 0.25) is 0 Å². The van der Waals surface area contributed by atoms with Gasteiger partial charge in [0.1, 0.15) is 0 Å².